The lowest BCUT2D eigenvalue weighted by molar-refractivity contribution is 0.0554. The molecule has 0 aromatic rings. The molecule has 0 heterocycles. The van der Waals surface area contributed by atoms with Crippen LogP contribution >= 0.6 is 0 Å². The summed E-state index contributed by atoms with van der Waals surface area (Å²) in [6.45, 7) is 6.69. The summed E-state index contributed by atoms with van der Waals surface area (Å²) in [5, 5.41) is 0. The van der Waals surface area contributed by atoms with E-state index in [1.54, 1.807) is 20.8 Å². The van der Waals surface area contributed by atoms with Crippen molar-refractivity contribution in [2.24, 2.45) is 11.1 Å². The van der Waals surface area contributed by atoms with Gasteiger partial charge in [0.25, 0.3) is 0 Å². The minimum atomic E-state index is -1.56. The Balaban J connectivity index is 4.02. The van der Waals surface area contributed by atoms with Gasteiger partial charge < -0.3 is 0 Å². The second-order valence-electron chi connectivity index (χ2n) is 3.33. The van der Waals surface area contributed by atoms with E-state index in [4.69, 9.17) is 5.73 Å². The number of nitrogens with two attached hydrogens (primary N) is 1. The summed E-state index contributed by atoms with van der Waals surface area (Å²) in [6.07, 6.45) is 0. The molecule has 0 aliphatic heterocycles. The molecule has 0 aromatic heterocycles. The van der Waals surface area contributed by atoms with E-state index in [1.165, 1.54) is 6.92 Å². The second-order valence-corrected chi connectivity index (χ2v) is 3.33. The number of rotatable bonds is 0. The fourth-order valence-corrected chi connectivity index (χ4v) is 0. The first-order chi connectivity index (χ1) is 3.25. The molecule has 0 aliphatic rings. The number of hydrogen-bond donors (Lipinski definition) is 1. The van der Waals surface area contributed by atoms with Gasteiger partial charge in [-0.1, -0.05) is 20.8 Å². The van der Waals surface area contributed by atoms with E-state index in [0.29, 0.717) is 0 Å². The molecule has 2 heteroatoms. The number of halogens is 1. The average molecular weight is 119 g/mol. The molecule has 0 rings (SSSR count). The minimum Gasteiger partial charge on any atom is -0.299 e. The van der Waals surface area contributed by atoms with Crippen molar-refractivity contribution in [1.29, 1.82) is 0 Å². The molecule has 1 unspecified atom stereocenters. The van der Waals surface area contributed by atoms with Gasteiger partial charge in [-0.15, -0.1) is 0 Å². The molecular weight excluding hydrogens is 105 g/mol. The molecule has 0 saturated carbocycles. The molecular formula is C6H14FN. The Bertz CT molecular complexity index is 63.5. The lowest BCUT2D eigenvalue weighted by Crippen LogP contribution is -2.43. The van der Waals surface area contributed by atoms with Crippen LogP contribution in [0.5, 0.6) is 0 Å². The van der Waals surface area contributed by atoms with E-state index in [2.05, 4.69) is 0 Å². The normalized spacial score (nSPS) is 20.2. The molecule has 0 amide bonds. The van der Waals surface area contributed by atoms with E-state index in [1.807, 2.05) is 0 Å². The highest BCUT2D eigenvalue weighted by Crippen LogP contribution is 2.27. The Morgan fingerprint density at radius 2 is 1.25 bits per heavy atom. The van der Waals surface area contributed by atoms with Gasteiger partial charge in [0.05, 0.1) is 0 Å². The molecule has 0 radical (unpaired) electrons. The summed E-state index contributed by atoms with van der Waals surface area (Å²) in [4.78, 5) is 0. The summed E-state index contributed by atoms with van der Waals surface area (Å²) in [6, 6.07) is 0. The van der Waals surface area contributed by atoms with Crippen LogP contribution in [0.2, 0.25) is 0 Å². The first-order valence-electron chi connectivity index (χ1n) is 2.73. The van der Waals surface area contributed by atoms with Gasteiger partial charge in [-0.05, 0) is 6.92 Å². The largest absolute Gasteiger partial charge is 0.299 e. The van der Waals surface area contributed by atoms with Crippen LogP contribution in [-0.4, -0.2) is 5.79 Å². The molecule has 1 nitrogen and oxygen atoms in total. The van der Waals surface area contributed by atoms with E-state index in [9.17, 15) is 4.39 Å². The fourth-order valence-electron chi connectivity index (χ4n) is 0. The van der Waals surface area contributed by atoms with Crippen molar-refractivity contribution in [3.8, 4) is 0 Å². The Labute approximate surface area is 50.1 Å². The highest BCUT2D eigenvalue weighted by Gasteiger charge is 2.32. The van der Waals surface area contributed by atoms with E-state index in [-0.39, 0.29) is 0 Å². The van der Waals surface area contributed by atoms with Gasteiger partial charge in [0.2, 0.25) is 0 Å². The van der Waals surface area contributed by atoms with Crippen molar-refractivity contribution in [1.82, 2.24) is 0 Å². The zero-order valence-corrected chi connectivity index (χ0v) is 5.96. The summed E-state index contributed by atoms with van der Waals surface area (Å²) < 4.78 is 12.7. The monoisotopic (exact) mass is 119 g/mol. The maximum atomic E-state index is 12.7. The van der Waals surface area contributed by atoms with Crippen LogP contribution in [0.25, 0.3) is 0 Å². The SMILES string of the molecule is CC(C)(C)C(C)(N)F. The minimum absolute atomic E-state index is 0.451. The second kappa shape index (κ2) is 1.69. The van der Waals surface area contributed by atoms with Crippen LogP contribution in [-0.2, 0) is 0 Å². The van der Waals surface area contributed by atoms with Gasteiger partial charge in [0.1, 0.15) is 0 Å². The van der Waals surface area contributed by atoms with Crippen molar-refractivity contribution in [2.45, 2.75) is 33.5 Å². The molecule has 0 saturated heterocycles. The lowest BCUT2D eigenvalue weighted by atomic mass is 9.86. The number of alkyl halides is 1. The lowest BCUT2D eigenvalue weighted by Gasteiger charge is -2.30. The predicted octanol–water partition coefficient (Wildman–Crippen LogP) is 1.68. The molecule has 0 spiro atoms. The third kappa shape index (κ3) is 1.78. The topological polar surface area (TPSA) is 26.0 Å². The van der Waals surface area contributed by atoms with Gasteiger partial charge in [-0.3, -0.25) is 5.73 Å². The van der Waals surface area contributed by atoms with Crippen LogP contribution < -0.4 is 5.73 Å². The highest BCUT2D eigenvalue weighted by atomic mass is 19.1. The first kappa shape index (κ1) is 7.89. The van der Waals surface area contributed by atoms with Crippen LogP contribution in [0, 0.1) is 5.41 Å². The zero-order valence-electron chi connectivity index (χ0n) is 5.96. The first-order valence-corrected chi connectivity index (χ1v) is 2.73. The van der Waals surface area contributed by atoms with Gasteiger partial charge in [0, 0.05) is 5.41 Å². The predicted molar refractivity (Wildman–Crippen MR) is 33.2 cm³/mol. The van der Waals surface area contributed by atoms with Crippen molar-refractivity contribution < 1.29 is 4.39 Å². The molecule has 0 aliphatic carbocycles. The Morgan fingerprint density at radius 1 is 1.12 bits per heavy atom. The molecule has 8 heavy (non-hydrogen) atoms. The summed E-state index contributed by atoms with van der Waals surface area (Å²) in [7, 11) is 0. The summed E-state index contributed by atoms with van der Waals surface area (Å²) in [5.74, 6) is -1.56. The standard InChI is InChI=1S/C6H14FN/c1-5(2,3)6(4,7)8/h8H2,1-4H3. The van der Waals surface area contributed by atoms with Gasteiger partial charge in [-0.2, -0.15) is 0 Å². The average Bonchev–Trinajstić information content (AvgIpc) is 1.25. The third-order valence-corrected chi connectivity index (χ3v) is 1.47. The quantitative estimate of drug-likeness (QED) is 0.482. The maximum absolute atomic E-state index is 12.7. The Hall–Kier alpha value is -0.110. The van der Waals surface area contributed by atoms with Gasteiger partial charge in [-0.25, -0.2) is 4.39 Å². The molecule has 0 fully saturated rings. The van der Waals surface area contributed by atoms with Crippen molar-refractivity contribution in [2.75, 3.05) is 0 Å². The summed E-state index contributed by atoms with van der Waals surface area (Å²) >= 11 is 0. The summed E-state index contributed by atoms with van der Waals surface area (Å²) in [5.41, 5.74) is 4.69. The fraction of sp³-hybridized carbons (Fsp3) is 1.00. The highest BCUT2D eigenvalue weighted by molar-refractivity contribution is 4.79. The molecule has 1 atom stereocenters. The van der Waals surface area contributed by atoms with Gasteiger partial charge in [0.15, 0.2) is 5.79 Å². The van der Waals surface area contributed by atoms with Crippen LogP contribution in [0.3, 0.4) is 0 Å². The van der Waals surface area contributed by atoms with E-state index in [0.717, 1.165) is 0 Å². The molecule has 2 N–H and O–H groups in total. The third-order valence-electron chi connectivity index (χ3n) is 1.47. The maximum Gasteiger partial charge on any atom is 0.161 e. The van der Waals surface area contributed by atoms with Crippen molar-refractivity contribution in [3.05, 3.63) is 0 Å². The molecule has 0 aromatic carbocycles. The number of hydrogen-bond acceptors (Lipinski definition) is 1. The van der Waals surface area contributed by atoms with Crippen molar-refractivity contribution >= 4 is 0 Å². The van der Waals surface area contributed by atoms with Gasteiger partial charge >= 0.3 is 0 Å². The Morgan fingerprint density at radius 3 is 1.25 bits per heavy atom. The van der Waals surface area contributed by atoms with Crippen LogP contribution in [0.4, 0.5) is 4.39 Å². The van der Waals surface area contributed by atoms with E-state index < -0.39 is 11.2 Å². The van der Waals surface area contributed by atoms with Crippen LogP contribution in [0.1, 0.15) is 27.7 Å². The Kier molecular flexibility index (Phi) is 1.67. The van der Waals surface area contributed by atoms with Crippen molar-refractivity contribution in [3.63, 3.8) is 0 Å². The van der Waals surface area contributed by atoms with E-state index >= 15 is 0 Å². The smallest absolute Gasteiger partial charge is 0.161 e. The van der Waals surface area contributed by atoms with Crippen LogP contribution in [0.15, 0.2) is 0 Å². The molecule has 50 valence electrons. The molecule has 0 bridgehead atoms. The zero-order chi connectivity index (χ0) is 7.00.